The summed E-state index contributed by atoms with van der Waals surface area (Å²) in [7, 11) is 1.62. The van der Waals surface area contributed by atoms with Crippen LogP contribution >= 0.6 is 38.6 Å². The van der Waals surface area contributed by atoms with Crippen LogP contribution in [0.25, 0.3) is 11.3 Å². The lowest BCUT2D eigenvalue weighted by atomic mass is 10.1. The molecule has 6 nitrogen and oxygen atoms in total. The molecule has 146 valence electrons. The van der Waals surface area contributed by atoms with Crippen molar-refractivity contribution >= 4 is 55.5 Å². The summed E-state index contributed by atoms with van der Waals surface area (Å²) in [6.45, 7) is 3.59. The highest BCUT2D eigenvalue weighted by Crippen LogP contribution is 2.31. The Labute approximate surface area is 179 Å². The summed E-state index contributed by atoms with van der Waals surface area (Å²) in [4.78, 5) is 30.7. The second kappa shape index (κ2) is 8.85. The molecule has 0 saturated carbocycles. The van der Waals surface area contributed by atoms with Gasteiger partial charge in [0.15, 0.2) is 5.13 Å². The molecule has 0 fully saturated rings. The zero-order chi connectivity index (χ0) is 20.3. The first-order chi connectivity index (χ1) is 13.4. The van der Waals surface area contributed by atoms with Crippen LogP contribution in [-0.2, 0) is 4.79 Å². The fraction of sp³-hybridized carbons (Fsp3) is 0.211. The van der Waals surface area contributed by atoms with Crippen LogP contribution in [0.4, 0.5) is 5.13 Å². The molecule has 2 amide bonds. The van der Waals surface area contributed by atoms with E-state index >= 15 is 0 Å². The minimum atomic E-state index is -0.693. The molecular formula is C19H18BrN3O3S2. The van der Waals surface area contributed by atoms with Crippen LogP contribution in [0.1, 0.15) is 21.5 Å². The number of rotatable bonds is 6. The second-order valence-corrected chi connectivity index (χ2v) is 9.61. The van der Waals surface area contributed by atoms with Gasteiger partial charge in [-0.2, -0.15) is 0 Å². The Morgan fingerprint density at radius 3 is 2.46 bits per heavy atom. The van der Waals surface area contributed by atoms with Crippen molar-refractivity contribution in [1.82, 2.24) is 10.3 Å². The van der Waals surface area contributed by atoms with Gasteiger partial charge in [-0.15, -0.1) is 22.7 Å². The van der Waals surface area contributed by atoms with E-state index in [2.05, 4.69) is 31.5 Å². The third kappa shape index (κ3) is 4.78. The van der Waals surface area contributed by atoms with E-state index in [9.17, 15) is 9.59 Å². The maximum atomic E-state index is 12.4. The number of methoxy groups -OCH3 is 1. The van der Waals surface area contributed by atoms with Gasteiger partial charge in [-0.1, -0.05) is 0 Å². The number of thiazole rings is 1. The number of nitrogens with zero attached hydrogens (tertiary/aromatic N) is 1. The van der Waals surface area contributed by atoms with Crippen molar-refractivity contribution in [3.05, 3.63) is 49.9 Å². The number of anilines is 1. The van der Waals surface area contributed by atoms with E-state index in [0.29, 0.717) is 10.0 Å². The third-order valence-electron chi connectivity index (χ3n) is 3.93. The first kappa shape index (κ1) is 20.5. The average molecular weight is 480 g/mol. The van der Waals surface area contributed by atoms with E-state index in [1.165, 1.54) is 22.7 Å². The Hall–Kier alpha value is -2.23. The molecule has 1 unspecified atom stereocenters. The maximum Gasteiger partial charge on any atom is 0.262 e. The molecule has 0 spiro atoms. The van der Waals surface area contributed by atoms with Crippen LogP contribution in [0, 0.1) is 6.92 Å². The van der Waals surface area contributed by atoms with E-state index in [1.54, 1.807) is 26.2 Å². The van der Waals surface area contributed by atoms with E-state index in [1.807, 2.05) is 31.2 Å². The normalized spacial score (nSPS) is 11.7. The van der Waals surface area contributed by atoms with E-state index in [4.69, 9.17) is 4.74 Å². The molecule has 0 aliphatic rings. The molecular weight excluding hydrogens is 462 g/mol. The van der Waals surface area contributed by atoms with Gasteiger partial charge < -0.3 is 15.4 Å². The zero-order valence-electron chi connectivity index (χ0n) is 15.4. The van der Waals surface area contributed by atoms with Gasteiger partial charge in [0.2, 0.25) is 5.91 Å². The molecule has 3 aromatic rings. The molecule has 0 aliphatic carbocycles. The number of ether oxygens (including phenoxy) is 1. The van der Waals surface area contributed by atoms with Gasteiger partial charge in [0, 0.05) is 10.4 Å². The van der Waals surface area contributed by atoms with E-state index < -0.39 is 6.04 Å². The first-order valence-corrected chi connectivity index (χ1v) is 10.8. The number of hydrogen-bond acceptors (Lipinski definition) is 6. The Balaban J connectivity index is 1.66. The minimum Gasteiger partial charge on any atom is -0.497 e. The van der Waals surface area contributed by atoms with Crippen LogP contribution in [0.3, 0.4) is 0 Å². The Bertz CT molecular complexity index is 998. The molecule has 1 atom stereocenters. The van der Waals surface area contributed by atoms with Crippen molar-refractivity contribution in [3.63, 3.8) is 0 Å². The van der Waals surface area contributed by atoms with Crippen LogP contribution < -0.4 is 15.4 Å². The SMILES string of the molecule is COc1ccc(-c2nc(NC(=O)C(C)NC(=O)c3ccc(Br)s3)sc2C)cc1. The van der Waals surface area contributed by atoms with Crippen molar-refractivity contribution < 1.29 is 14.3 Å². The standard InChI is InChI=1S/C19H18BrN3O3S2/c1-10(21-18(25)14-8-9-15(20)28-14)17(24)23-19-22-16(11(2)27-19)12-4-6-13(26-3)7-5-12/h4-10H,1-3H3,(H,21,25)(H,22,23,24). The molecule has 0 saturated heterocycles. The second-order valence-electron chi connectivity index (χ2n) is 5.94. The molecule has 9 heteroatoms. The average Bonchev–Trinajstić information content (AvgIpc) is 3.27. The smallest absolute Gasteiger partial charge is 0.262 e. The predicted octanol–water partition coefficient (Wildman–Crippen LogP) is 4.71. The van der Waals surface area contributed by atoms with Gasteiger partial charge in [0.1, 0.15) is 11.8 Å². The highest BCUT2D eigenvalue weighted by molar-refractivity contribution is 9.11. The van der Waals surface area contributed by atoms with Crippen molar-refractivity contribution in [3.8, 4) is 17.0 Å². The van der Waals surface area contributed by atoms with E-state index in [-0.39, 0.29) is 11.8 Å². The number of benzene rings is 1. The molecule has 0 aliphatic heterocycles. The van der Waals surface area contributed by atoms with Crippen molar-refractivity contribution in [1.29, 1.82) is 0 Å². The third-order valence-corrected chi connectivity index (χ3v) is 6.44. The fourth-order valence-electron chi connectivity index (χ4n) is 2.45. The predicted molar refractivity (Wildman–Crippen MR) is 116 cm³/mol. The van der Waals surface area contributed by atoms with Crippen LogP contribution in [0.2, 0.25) is 0 Å². The number of thiophene rings is 1. The monoisotopic (exact) mass is 479 g/mol. The lowest BCUT2D eigenvalue weighted by molar-refractivity contribution is -0.117. The Morgan fingerprint density at radius 1 is 1.14 bits per heavy atom. The molecule has 1 aromatic carbocycles. The highest BCUT2D eigenvalue weighted by Gasteiger charge is 2.20. The number of carbonyl (C=O) groups excluding carboxylic acids is 2. The number of amides is 2. The minimum absolute atomic E-state index is 0.285. The molecule has 2 heterocycles. The number of aromatic nitrogens is 1. The van der Waals surface area contributed by atoms with Crippen LogP contribution in [0.15, 0.2) is 40.2 Å². The number of carbonyl (C=O) groups is 2. The van der Waals surface area contributed by atoms with Crippen LogP contribution in [0.5, 0.6) is 5.75 Å². The lowest BCUT2D eigenvalue weighted by Crippen LogP contribution is -2.41. The van der Waals surface area contributed by atoms with Crippen LogP contribution in [-0.4, -0.2) is 29.9 Å². The fourth-order valence-corrected chi connectivity index (χ4v) is 4.58. The highest BCUT2D eigenvalue weighted by atomic mass is 79.9. The van der Waals surface area contributed by atoms with Gasteiger partial charge in [0.05, 0.1) is 21.5 Å². The van der Waals surface area contributed by atoms with Crippen molar-refractivity contribution in [2.75, 3.05) is 12.4 Å². The first-order valence-electron chi connectivity index (χ1n) is 8.36. The molecule has 3 rings (SSSR count). The Kier molecular flexibility index (Phi) is 6.48. The molecule has 0 radical (unpaired) electrons. The molecule has 0 bridgehead atoms. The largest absolute Gasteiger partial charge is 0.497 e. The topological polar surface area (TPSA) is 80.3 Å². The van der Waals surface area contributed by atoms with E-state index in [0.717, 1.165) is 25.7 Å². The molecule has 2 aromatic heterocycles. The molecule has 28 heavy (non-hydrogen) atoms. The summed E-state index contributed by atoms with van der Waals surface area (Å²) in [6.07, 6.45) is 0. The Morgan fingerprint density at radius 2 is 1.86 bits per heavy atom. The lowest BCUT2D eigenvalue weighted by Gasteiger charge is -2.12. The quantitative estimate of drug-likeness (QED) is 0.536. The van der Waals surface area contributed by atoms with Gasteiger partial charge in [-0.3, -0.25) is 9.59 Å². The summed E-state index contributed by atoms with van der Waals surface area (Å²) < 4.78 is 6.03. The number of nitrogens with one attached hydrogen (secondary N) is 2. The summed E-state index contributed by atoms with van der Waals surface area (Å²) in [6, 6.07) is 10.4. The summed E-state index contributed by atoms with van der Waals surface area (Å²) in [5, 5.41) is 5.97. The van der Waals surface area contributed by atoms with Crippen molar-refractivity contribution in [2.45, 2.75) is 19.9 Å². The number of halogens is 1. The van der Waals surface area contributed by atoms with Gasteiger partial charge >= 0.3 is 0 Å². The summed E-state index contributed by atoms with van der Waals surface area (Å²) >= 11 is 6.03. The van der Waals surface area contributed by atoms with Crippen molar-refractivity contribution in [2.24, 2.45) is 0 Å². The molecule has 2 N–H and O–H groups in total. The zero-order valence-corrected chi connectivity index (χ0v) is 18.6. The van der Waals surface area contributed by atoms with Gasteiger partial charge in [-0.05, 0) is 66.2 Å². The number of aryl methyl sites for hydroxylation is 1. The van der Waals surface area contributed by atoms with Gasteiger partial charge in [0.25, 0.3) is 5.91 Å². The maximum absolute atomic E-state index is 12.4. The summed E-state index contributed by atoms with van der Waals surface area (Å²) in [5.74, 6) is 0.166. The van der Waals surface area contributed by atoms with Gasteiger partial charge in [-0.25, -0.2) is 4.98 Å². The number of hydrogen-bond donors (Lipinski definition) is 2. The summed E-state index contributed by atoms with van der Waals surface area (Å²) in [5.41, 5.74) is 1.75.